The molecule has 5 nitrogen and oxygen atoms in total. The van der Waals surface area contributed by atoms with Crippen LogP contribution in [0.1, 0.15) is 24.9 Å². The van der Waals surface area contributed by atoms with Gasteiger partial charge in [0, 0.05) is 11.8 Å². The summed E-state index contributed by atoms with van der Waals surface area (Å²) < 4.78 is 62.5. The number of alkyl halides is 3. The highest BCUT2D eigenvalue weighted by atomic mass is 32.1. The van der Waals surface area contributed by atoms with Gasteiger partial charge in [-0.25, -0.2) is 9.18 Å². The van der Waals surface area contributed by atoms with Crippen LogP contribution in [-0.2, 0) is 10.9 Å². The monoisotopic (exact) mass is 439 g/mol. The van der Waals surface area contributed by atoms with Gasteiger partial charge in [-0.2, -0.15) is 13.2 Å². The number of thiophene rings is 1. The van der Waals surface area contributed by atoms with Crippen molar-refractivity contribution < 1.29 is 36.6 Å². The quantitative estimate of drug-likeness (QED) is 0.407. The van der Waals surface area contributed by atoms with Gasteiger partial charge < -0.3 is 14.8 Å². The number of hydrogen-bond acceptors (Lipinski definition) is 5. The Morgan fingerprint density at radius 1 is 1.03 bits per heavy atom. The molecular formula is C20H13F4NO4S. The van der Waals surface area contributed by atoms with Gasteiger partial charge >= 0.3 is 12.1 Å². The molecule has 0 fully saturated rings. The van der Waals surface area contributed by atoms with E-state index in [0.717, 1.165) is 13.2 Å². The number of ether oxygens (including phenoxy) is 2. The normalized spacial score (nSPS) is 11.1. The molecule has 2 aromatic carbocycles. The van der Waals surface area contributed by atoms with Gasteiger partial charge in [-0.05, 0) is 36.4 Å². The summed E-state index contributed by atoms with van der Waals surface area (Å²) in [4.78, 5) is 22.5. The van der Waals surface area contributed by atoms with Crippen LogP contribution in [0.2, 0.25) is 0 Å². The molecule has 1 aromatic heterocycles. The number of benzene rings is 2. The summed E-state index contributed by atoms with van der Waals surface area (Å²) in [6, 6.07) is 11.8. The van der Waals surface area contributed by atoms with Gasteiger partial charge in [0.05, 0.1) is 12.7 Å². The molecular weight excluding hydrogens is 426 g/mol. The van der Waals surface area contributed by atoms with Gasteiger partial charge in [-0.1, -0.05) is 12.1 Å². The second-order valence-electron chi connectivity index (χ2n) is 5.85. The van der Waals surface area contributed by atoms with Crippen LogP contribution in [0.25, 0.3) is 0 Å². The Labute approximate surface area is 171 Å². The molecule has 0 aliphatic rings. The van der Waals surface area contributed by atoms with Gasteiger partial charge in [0.1, 0.15) is 16.4 Å². The minimum atomic E-state index is -4.64. The lowest BCUT2D eigenvalue weighted by molar-refractivity contribution is -0.134. The van der Waals surface area contributed by atoms with Crippen LogP contribution in [0.5, 0.6) is 11.5 Å². The average molecular weight is 439 g/mol. The van der Waals surface area contributed by atoms with Crippen LogP contribution in [-0.4, -0.2) is 19.0 Å². The van der Waals surface area contributed by atoms with Crippen LogP contribution in [0.4, 0.5) is 23.2 Å². The van der Waals surface area contributed by atoms with E-state index in [4.69, 9.17) is 4.74 Å². The number of halogens is 4. The molecule has 0 spiro atoms. The fourth-order valence-electron chi connectivity index (χ4n) is 2.40. The summed E-state index contributed by atoms with van der Waals surface area (Å²) >= 11 is 0.212. The van der Waals surface area contributed by atoms with Crippen molar-refractivity contribution in [2.24, 2.45) is 0 Å². The summed E-state index contributed by atoms with van der Waals surface area (Å²) in [5, 5.41) is 2.50. The Morgan fingerprint density at radius 2 is 1.70 bits per heavy atom. The van der Waals surface area contributed by atoms with Gasteiger partial charge in [0.25, 0.3) is 5.91 Å². The van der Waals surface area contributed by atoms with Crippen molar-refractivity contribution in [1.29, 1.82) is 0 Å². The lowest BCUT2D eigenvalue weighted by Gasteiger charge is -2.09. The van der Waals surface area contributed by atoms with Crippen LogP contribution in [0.15, 0.2) is 54.6 Å². The van der Waals surface area contributed by atoms with Crippen LogP contribution < -0.4 is 10.1 Å². The fraction of sp³-hybridized carbons (Fsp3) is 0.100. The predicted octanol–water partition coefficient (Wildman–Crippen LogP) is 5.74. The number of amides is 1. The summed E-state index contributed by atoms with van der Waals surface area (Å²) in [6.45, 7) is 0. The Morgan fingerprint density at radius 3 is 2.30 bits per heavy atom. The second kappa shape index (κ2) is 8.54. The third kappa shape index (κ3) is 4.77. The van der Waals surface area contributed by atoms with E-state index in [9.17, 15) is 27.2 Å². The molecule has 0 radical (unpaired) electrons. The van der Waals surface area contributed by atoms with E-state index in [1.807, 2.05) is 0 Å². The summed E-state index contributed by atoms with van der Waals surface area (Å²) in [6.07, 6.45) is -4.64. The predicted molar refractivity (Wildman–Crippen MR) is 102 cm³/mol. The van der Waals surface area contributed by atoms with Crippen molar-refractivity contribution in [3.05, 3.63) is 75.7 Å². The Hall–Kier alpha value is -3.40. The number of carbonyl (C=O) groups is 2. The molecule has 0 aliphatic heterocycles. The van der Waals surface area contributed by atoms with Gasteiger partial charge in [0.2, 0.25) is 0 Å². The van der Waals surface area contributed by atoms with Gasteiger partial charge in [0.15, 0.2) is 10.6 Å². The SMILES string of the molecule is COC(=O)c1sc(C(F)(F)F)cc1Oc1ccc(NC(=O)c2ccccc2F)cc1. The fourth-order valence-corrected chi connectivity index (χ4v) is 3.27. The van der Waals surface area contributed by atoms with E-state index < -0.39 is 28.7 Å². The highest BCUT2D eigenvalue weighted by molar-refractivity contribution is 7.14. The van der Waals surface area contributed by atoms with E-state index in [1.54, 1.807) is 0 Å². The Balaban J connectivity index is 1.77. The van der Waals surface area contributed by atoms with E-state index in [-0.39, 0.29) is 33.3 Å². The maximum absolute atomic E-state index is 13.7. The lowest BCUT2D eigenvalue weighted by atomic mass is 10.2. The number of hydrogen-bond donors (Lipinski definition) is 1. The largest absolute Gasteiger partial charge is 0.465 e. The smallest absolute Gasteiger partial charge is 0.425 e. The third-order valence-electron chi connectivity index (χ3n) is 3.81. The first-order chi connectivity index (χ1) is 14.2. The first-order valence-electron chi connectivity index (χ1n) is 8.32. The van der Waals surface area contributed by atoms with E-state index in [1.165, 1.54) is 42.5 Å². The number of rotatable bonds is 5. The molecule has 3 aromatic rings. The topological polar surface area (TPSA) is 64.6 Å². The van der Waals surface area contributed by atoms with Crippen molar-refractivity contribution in [1.82, 2.24) is 0 Å². The first-order valence-corrected chi connectivity index (χ1v) is 9.14. The van der Waals surface area contributed by atoms with Crippen molar-refractivity contribution in [3.8, 4) is 11.5 Å². The van der Waals surface area contributed by atoms with E-state index >= 15 is 0 Å². The summed E-state index contributed by atoms with van der Waals surface area (Å²) in [7, 11) is 1.05. The Kier molecular flexibility index (Phi) is 6.06. The zero-order chi connectivity index (χ0) is 21.9. The molecule has 0 saturated carbocycles. The van der Waals surface area contributed by atoms with Crippen molar-refractivity contribution >= 4 is 28.9 Å². The summed E-state index contributed by atoms with van der Waals surface area (Å²) in [5.74, 6) is -2.48. The van der Waals surface area contributed by atoms with E-state index in [0.29, 0.717) is 11.8 Å². The Bertz CT molecular complexity index is 1080. The van der Waals surface area contributed by atoms with Crippen LogP contribution in [0.3, 0.4) is 0 Å². The zero-order valence-electron chi connectivity index (χ0n) is 15.2. The second-order valence-corrected chi connectivity index (χ2v) is 6.91. The molecule has 1 amide bonds. The molecule has 1 N–H and O–H groups in total. The number of methoxy groups -OCH3 is 1. The minimum Gasteiger partial charge on any atom is -0.465 e. The van der Waals surface area contributed by atoms with Gasteiger partial charge in [-0.15, -0.1) is 11.3 Å². The molecule has 0 atom stereocenters. The molecule has 0 bridgehead atoms. The number of nitrogens with one attached hydrogen (secondary N) is 1. The standard InChI is InChI=1S/C20H13F4NO4S/c1-28-19(27)17-15(10-16(30-17)20(22,23)24)29-12-8-6-11(7-9-12)25-18(26)13-4-2-3-5-14(13)21/h2-10H,1H3,(H,25,26). The highest BCUT2D eigenvalue weighted by Crippen LogP contribution is 2.41. The molecule has 10 heteroatoms. The van der Waals surface area contributed by atoms with E-state index in [2.05, 4.69) is 10.1 Å². The molecule has 30 heavy (non-hydrogen) atoms. The highest BCUT2D eigenvalue weighted by Gasteiger charge is 2.36. The molecule has 0 aliphatic carbocycles. The zero-order valence-corrected chi connectivity index (χ0v) is 16.1. The van der Waals surface area contributed by atoms with Crippen LogP contribution >= 0.6 is 11.3 Å². The maximum Gasteiger partial charge on any atom is 0.425 e. The van der Waals surface area contributed by atoms with Crippen molar-refractivity contribution in [2.75, 3.05) is 12.4 Å². The molecule has 156 valence electrons. The number of carbonyl (C=O) groups excluding carboxylic acids is 2. The molecule has 0 unspecified atom stereocenters. The first kappa shape index (κ1) is 21.3. The molecule has 0 saturated heterocycles. The molecule has 3 rings (SSSR count). The molecule has 1 heterocycles. The van der Waals surface area contributed by atoms with Crippen molar-refractivity contribution in [3.63, 3.8) is 0 Å². The summed E-state index contributed by atoms with van der Waals surface area (Å²) in [5.41, 5.74) is 0.170. The number of anilines is 1. The van der Waals surface area contributed by atoms with Crippen LogP contribution in [0, 0.1) is 5.82 Å². The lowest BCUT2D eigenvalue weighted by Crippen LogP contribution is -2.13. The van der Waals surface area contributed by atoms with Crippen molar-refractivity contribution in [2.45, 2.75) is 6.18 Å². The minimum absolute atomic E-state index is 0.121. The third-order valence-corrected chi connectivity index (χ3v) is 4.95. The average Bonchev–Trinajstić information content (AvgIpc) is 3.13. The number of esters is 1. The maximum atomic E-state index is 13.7. The van der Waals surface area contributed by atoms with Gasteiger partial charge in [-0.3, -0.25) is 4.79 Å².